The van der Waals surface area contributed by atoms with Gasteiger partial charge in [-0.25, -0.2) is 4.39 Å². The number of hydrogen-bond donors (Lipinski definition) is 2. The third-order valence-electron chi connectivity index (χ3n) is 2.81. The molecule has 20 heavy (non-hydrogen) atoms. The van der Waals surface area contributed by atoms with E-state index in [0.29, 0.717) is 22.7 Å². The van der Waals surface area contributed by atoms with Crippen molar-refractivity contribution in [3.05, 3.63) is 53.8 Å². The predicted molar refractivity (Wildman–Crippen MR) is 76.4 cm³/mol. The summed E-state index contributed by atoms with van der Waals surface area (Å²) in [6, 6.07) is 11.0. The minimum absolute atomic E-state index is 0.132. The van der Waals surface area contributed by atoms with E-state index in [0.717, 1.165) is 0 Å². The molecular formula is C15H15FN2O2. The summed E-state index contributed by atoms with van der Waals surface area (Å²) >= 11 is 0. The largest absolute Gasteiger partial charge is 0.494 e. The fraction of sp³-hybridized carbons (Fsp3) is 0.133. The van der Waals surface area contributed by atoms with Crippen LogP contribution in [-0.4, -0.2) is 20.1 Å². The Balaban J connectivity index is 2.29. The Kier molecular flexibility index (Phi) is 4.20. The molecule has 0 heterocycles. The fourth-order valence-electron chi connectivity index (χ4n) is 1.79. The van der Waals surface area contributed by atoms with Gasteiger partial charge in [-0.15, -0.1) is 0 Å². The van der Waals surface area contributed by atoms with E-state index in [1.165, 1.54) is 24.3 Å². The van der Waals surface area contributed by atoms with E-state index in [-0.39, 0.29) is 11.7 Å². The number of amidine groups is 1. The lowest BCUT2D eigenvalue weighted by atomic mass is 10.2. The summed E-state index contributed by atoms with van der Waals surface area (Å²) in [4.78, 5) is 0. The van der Waals surface area contributed by atoms with E-state index in [4.69, 9.17) is 14.9 Å². The van der Waals surface area contributed by atoms with Crippen LogP contribution in [0.25, 0.3) is 0 Å². The number of nitrogens with one attached hydrogen (secondary N) is 2. The number of methoxy groups -OCH3 is 2. The molecule has 2 aromatic rings. The van der Waals surface area contributed by atoms with Crippen LogP contribution in [0.5, 0.6) is 11.5 Å². The maximum Gasteiger partial charge on any atom is 0.146 e. The molecule has 0 aliphatic rings. The number of benzene rings is 2. The van der Waals surface area contributed by atoms with Gasteiger partial charge in [0, 0.05) is 5.56 Å². The summed E-state index contributed by atoms with van der Waals surface area (Å²) in [6.07, 6.45) is 0. The molecule has 0 bridgehead atoms. The van der Waals surface area contributed by atoms with Gasteiger partial charge in [-0.2, -0.15) is 0 Å². The molecular weight excluding hydrogens is 259 g/mol. The van der Waals surface area contributed by atoms with Gasteiger partial charge in [0.15, 0.2) is 0 Å². The van der Waals surface area contributed by atoms with Crippen molar-refractivity contribution in [3.8, 4) is 11.5 Å². The van der Waals surface area contributed by atoms with Crippen LogP contribution in [0.15, 0.2) is 42.5 Å². The van der Waals surface area contributed by atoms with E-state index in [9.17, 15) is 4.39 Å². The van der Waals surface area contributed by atoms with E-state index in [1.54, 1.807) is 32.4 Å². The highest BCUT2D eigenvalue weighted by molar-refractivity contribution is 6.07. The lowest BCUT2D eigenvalue weighted by molar-refractivity contribution is 0.398. The van der Waals surface area contributed by atoms with Gasteiger partial charge in [-0.1, -0.05) is 6.07 Å². The number of halogens is 1. The van der Waals surface area contributed by atoms with Crippen LogP contribution in [0, 0.1) is 11.2 Å². The van der Waals surface area contributed by atoms with E-state index >= 15 is 0 Å². The topological polar surface area (TPSA) is 54.3 Å². The number of anilines is 1. The van der Waals surface area contributed by atoms with Crippen LogP contribution in [0.1, 0.15) is 5.56 Å². The zero-order valence-electron chi connectivity index (χ0n) is 11.2. The normalized spacial score (nSPS) is 9.95. The zero-order valence-corrected chi connectivity index (χ0v) is 11.2. The Morgan fingerprint density at radius 1 is 1.00 bits per heavy atom. The Hall–Kier alpha value is -2.56. The quantitative estimate of drug-likeness (QED) is 0.664. The first-order chi connectivity index (χ1) is 9.65. The van der Waals surface area contributed by atoms with Gasteiger partial charge in [0.05, 0.1) is 14.2 Å². The molecule has 0 fully saturated rings. The van der Waals surface area contributed by atoms with Gasteiger partial charge >= 0.3 is 0 Å². The average Bonchev–Trinajstić information content (AvgIpc) is 2.48. The van der Waals surface area contributed by atoms with Crippen LogP contribution in [0.4, 0.5) is 10.1 Å². The molecule has 0 unspecified atom stereocenters. The smallest absolute Gasteiger partial charge is 0.146 e. The molecule has 0 amide bonds. The average molecular weight is 274 g/mol. The van der Waals surface area contributed by atoms with Gasteiger partial charge < -0.3 is 14.8 Å². The van der Waals surface area contributed by atoms with Crippen molar-refractivity contribution in [1.29, 1.82) is 5.41 Å². The number of rotatable bonds is 4. The van der Waals surface area contributed by atoms with Crippen LogP contribution in [0.3, 0.4) is 0 Å². The minimum Gasteiger partial charge on any atom is -0.494 e. The fourth-order valence-corrected chi connectivity index (χ4v) is 1.79. The summed E-state index contributed by atoms with van der Waals surface area (Å²) in [5, 5.41) is 11.0. The van der Waals surface area contributed by atoms with Gasteiger partial charge in [0.25, 0.3) is 0 Å². The van der Waals surface area contributed by atoms with E-state index in [2.05, 4.69) is 5.32 Å². The molecule has 5 heteroatoms. The van der Waals surface area contributed by atoms with Crippen molar-refractivity contribution in [2.45, 2.75) is 0 Å². The maximum atomic E-state index is 12.9. The van der Waals surface area contributed by atoms with Crippen LogP contribution in [0.2, 0.25) is 0 Å². The first-order valence-corrected chi connectivity index (χ1v) is 5.98. The molecule has 4 nitrogen and oxygen atoms in total. The van der Waals surface area contributed by atoms with E-state index in [1.807, 2.05) is 0 Å². The van der Waals surface area contributed by atoms with Crippen molar-refractivity contribution >= 4 is 11.5 Å². The summed E-state index contributed by atoms with van der Waals surface area (Å²) in [5.41, 5.74) is 1.13. The highest BCUT2D eigenvalue weighted by Gasteiger charge is 2.12. The van der Waals surface area contributed by atoms with Crippen molar-refractivity contribution in [3.63, 3.8) is 0 Å². The minimum atomic E-state index is -0.337. The summed E-state index contributed by atoms with van der Waals surface area (Å²) < 4.78 is 23.4. The monoisotopic (exact) mass is 274 g/mol. The first kappa shape index (κ1) is 13.9. The maximum absolute atomic E-state index is 12.9. The molecule has 2 aromatic carbocycles. The van der Waals surface area contributed by atoms with Gasteiger partial charge in [0.2, 0.25) is 0 Å². The second kappa shape index (κ2) is 6.06. The number of para-hydroxylation sites is 1. The van der Waals surface area contributed by atoms with Gasteiger partial charge in [-0.3, -0.25) is 5.41 Å². The molecule has 104 valence electrons. The lowest BCUT2D eigenvalue weighted by Crippen LogP contribution is -2.13. The van der Waals surface area contributed by atoms with E-state index < -0.39 is 0 Å². The second-order valence-corrected chi connectivity index (χ2v) is 4.04. The first-order valence-electron chi connectivity index (χ1n) is 5.98. The molecule has 0 saturated carbocycles. The zero-order chi connectivity index (χ0) is 14.5. The standard InChI is InChI=1S/C15H15FN2O2/c1-19-12-4-3-5-13(20-2)14(12)18-15(17)10-6-8-11(16)9-7-10/h3-9H,1-2H3,(H2,17,18). The molecule has 0 atom stereocenters. The third kappa shape index (κ3) is 2.88. The molecule has 0 aliphatic carbocycles. The second-order valence-electron chi connectivity index (χ2n) is 4.04. The van der Waals surface area contributed by atoms with Crippen LogP contribution >= 0.6 is 0 Å². The number of ether oxygens (including phenoxy) is 2. The lowest BCUT2D eigenvalue weighted by Gasteiger charge is -2.15. The highest BCUT2D eigenvalue weighted by atomic mass is 19.1. The summed E-state index contributed by atoms with van der Waals surface area (Å²) in [7, 11) is 3.09. The molecule has 0 radical (unpaired) electrons. The van der Waals surface area contributed by atoms with Crippen LogP contribution in [-0.2, 0) is 0 Å². The van der Waals surface area contributed by atoms with Gasteiger partial charge in [-0.05, 0) is 36.4 Å². The Bertz CT molecular complexity index is 590. The molecule has 0 saturated heterocycles. The number of hydrogen-bond acceptors (Lipinski definition) is 3. The third-order valence-corrected chi connectivity index (χ3v) is 2.81. The molecule has 2 N–H and O–H groups in total. The molecule has 2 rings (SSSR count). The van der Waals surface area contributed by atoms with Crippen molar-refractivity contribution in [2.75, 3.05) is 19.5 Å². The summed E-state index contributed by atoms with van der Waals surface area (Å²) in [5.74, 6) is 0.927. The molecule has 0 aromatic heterocycles. The molecule has 0 aliphatic heterocycles. The Morgan fingerprint density at radius 3 is 2.05 bits per heavy atom. The summed E-state index contributed by atoms with van der Waals surface area (Å²) in [6.45, 7) is 0. The van der Waals surface area contributed by atoms with Crippen molar-refractivity contribution < 1.29 is 13.9 Å². The Labute approximate surface area is 116 Å². The highest BCUT2D eigenvalue weighted by Crippen LogP contribution is 2.34. The van der Waals surface area contributed by atoms with Crippen LogP contribution < -0.4 is 14.8 Å². The van der Waals surface area contributed by atoms with Crippen molar-refractivity contribution in [1.82, 2.24) is 0 Å². The van der Waals surface area contributed by atoms with Crippen molar-refractivity contribution in [2.24, 2.45) is 0 Å². The molecule has 0 spiro atoms. The predicted octanol–water partition coefficient (Wildman–Crippen LogP) is 3.28. The SMILES string of the molecule is COc1cccc(OC)c1NC(=N)c1ccc(F)cc1. The Morgan fingerprint density at radius 2 is 1.55 bits per heavy atom. The van der Waals surface area contributed by atoms with Gasteiger partial charge in [0.1, 0.15) is 28.8 Å².